The van der Waals surface area contributed by atoms with Gasteiger partial charge >= 0.3 is 11.9 Å². The van der Waals surface area contributed by atoms with Crippen LogP contribution >= 0.6 is 0 Å². The smallest absolute Gasteiger partial charge is 0.303 e. The van der Waals surface area contributed by atoms with Crippen molar-refractivity contribution in [1.82, 2.24) is 16.2 Å². The summed E-state index contributed by atoms with van der Waals surface area (Å²) in [6, 6.07) is 0. The van der Waals surface area contributed by atoms with Gasteiger partial charge in [0.2, 0.25) is 11.8 Å². The highest BCUT2D eigenvalue weighted by Crippen LogP contribution is 1.88. The maximum atomic E-state index is 11.0. The Morgan fingerprint density at radius 2 is 1.28 bits per heavy atom. The van der Waals surface area contributed by atoms with Crippen molar-refractivity contribution in [3.63, 3.8) is 0 Å². The Balaban J connectivity index is 3.49. The summed E-state index contributed by atoms with van der Waals surface area (Å²) in [7, 11) is 0. The zero-order chi connectivity index (χ0) is 14.0. The molecule has 0 aliphatic rings. The molecule has 2 amide bonds. The van der Waals surface area contributed by atoms with Crippen LogP contribution in [0.25, 0.3) is 0 Å². The van der Waals surface area contributed by atoms with Crippen LogP contribution in [0.5, 0.6) is 0 Å². The van der Waals surface area contributed by atoms with E-state index in [2.05, 4.69) is 16.2 Å². The lowest BCUT2D eigenvalue weighted by atomic mass is 10.3. The maximum Gasteiger partial charge on any atom is 0.303 e. The minimum atomic E-state index is -1.08. The van der Waals surface area contributed by atoms with E-state index < -0.39 is 23.8 Å². The molecule has 0 heterocycles. The molecule has 0 fully saturated rings. The van der Waals surface area contributed by atoms with Crippen molar-refractivity contribution < 1.29 is 29.4 Å². The monoisotopic (exact) mass is 261 g/mol. The Kier molecular flexibility index (Phi) is 7.86. The lowest BCUT2D eigenvalue weighted by Crippen LogP contribution is -2.44. The second-order valence-electron chi connectivity index (χ2n) is 3.29. The lowest BCUT2D eigenvalue weighted by Gasteiger charge is -2.07. The molecule has 9 nitrogen and oxygen atoms in total. The molecule has 0 aromatic heterocycles. The molecular weight excluding hydrogens is 246 g/mol. The number of hydrazine groups is 1. The fraction of sp³-hybridized carbons (Fsp3) is 0.556. The molecule has 0 aromatic carbocycles. The normalized spacial score (nSPS) is 9.56. The number of amides is 2. The molecule has 0 saturated heterocycles. The highest BCUT2D eigenvalue weighted by Gasteiger charge is 2.06. The number of carbonyl (C=O) groups excluding carboxylic acids is 2. The first-order valence-electron chi connectivity index (χ1n) is 5.14. The zero-order valence-corrected chi connectivity index (χ0v) is 9.56. The van der Waals surface area contributed by atoms with Crippen LogP contribution < -0.4 is 16.2 Å². The van der Waals surface area contributed by atoms with Crippen LogP contribution in [0.4, 0.5) is 0 Å². The van der Waals surface area contributed by atoms with Crippen molar-refractivity contribution >= 4 is 23.8 Å². The van der Waals surface area contributed by atoms with E-state index in [0.717, 1.165) is 0 Å². The van der Waals surface area contributed by atoms with Gasteiger partial charge in [0.1, 0.15) is 0 Å². The van der Waals surface area contributed by atoms with E-state index in [1.165, 1.54) is 0 Å². The van der Waals surface area contributed by atoms with Gasteiger partial charge in [0.05, 0.1) is 19.5 Å². The fourth-order valence-electron chi connectivity index (χ4n) is 0.877. The highest BCUT2D eigenvalue weighted by molar-refractivity contribution is 5.81. The van der Waals surface area contributed by atoms with Crippen molar-refractivity contribution in [2.45, 2.75) is 25.7 Å². The van der Waals surface area contributed by atoms with E-state index in [1.54, 1.807) is 0 Å². The van der Waals surface area contributed by atoms with Gasteiger partial charge < -0.3 is 15.5 Å². The molecule has 0 spiro atoms. The molecule has 18 heavy (non-hydrogen) atoms. The van der Waals surface area contributed by atoms with E-state index in [4.69, 9.17) is 10.2 Å². The van der Waals surface area contributed by atoms with Gasteiger partial charge in [-0.1, -0.05) is 0 Å². The molecule has 0 atom stereocenters. The standard InChI is InChI=1S/C9H15N3O6/c13-6(1-3-8(15)16)10-5-11-12-7(14)2-4-9(17)18/h11H,1-5H2,(H,10,13)(H,12,14)(H,15,16)(H,17,18). The number of nitrogens with one attached hydrogen (secondary N) is 3. The highest BCUT2D eigenvalue weighted by atomic mass is 16.4. The zero-order valence-electron chi connectivity index (χ0n) is 9.56. The molecule has 9 heteroatoms. The van der Waals surface area contributed by atoms with Gasteiger partial charge in [-0.15, -0.1) is 0 Å². The number of carboxylic acid groups (broad SMARTS) is 2. The van der Waals surface area contributed by atoms with Gasteiger partial charge in [0.15, 0.2) is 0 Å². The number of carbonyl (C=O) groups is 4. The van der Waals surface area contributed by atoms with Crippen molar-refractivity contribution in [2.24, 2.45) is 0 Å². The summed E-state index contributed by atoms with van der Waals surface area (Å²) < 4.78 is 0. The van der Waals surface area contributed by atoms with Crippen LogP contribution in [0.2, 0.25) is 0 Å². The predicted molar refractivity (Wildman–Crippen MR) is 58.0 cm³/mol. The Morgan fingerprint density at radius 1 is 0.778 bits per heavy atom. The molecule has 0 aromatic rings. The van der Waals surface area contributed by atoms with Crippen LogP contribution in [0.15, 0.2) is 0 Å². The van der Waals surface area contributed by atoms with Gasteiger partial charge in [-0.25, -0.2) is 5.43 Å². The summed E-state index contributed by atoms with van der Waals surface area (Å²) in [6.07, 6.45) is -0.867. The Bertz CT molecular complexity index is 298. The molecule has 0 bridgehead atoms. The minimum Gasteiger partial charge on any atom is -0.481 e. The van der Waals surface area contributed by atoms with Gasteiger partial charge in [-0.3, -0.25) is 24.6 Å². The fourth-order valence-corrected chi connectivity index (χ4v) is 0.877. The van der Waals surface area contributed by atoms with E-state index >= 15 is 0 Å². The first kappa shape index (κ1) is 15.8. The molecule has 0 unspecified atom stereocenters. The van der Waals surface area contributed by atoms with Gasteiger partial charge in [-0.05, 0) is 0 Å². The Morgan fingerprint density at radius 3 is 1.78 bits per heavy atom. The second kappa shape index (κ2) is 8.93. The van der Waals surface area contributed by atoms with Crippen molar-refractivity contribution in [3.8, 4) is 0 Å². The van der Waals surface area contributed by atoms with E-state index in [0.29, 0.717) is 0 Å². The number of hydrogen-bond acceptors (Lipinski definition) is 5. The second-order valence-corrected chi connectivity index (χ2v) is 3.29. The van der Waals surface area contributed by atoms with Crippen LogP contribution in [0, 0.1) is 0 Å². The SMILES string of the molecule is O=C(O)CCC(=O)NCNNC(=O)CCC(=O)O. The topological polar surface area (TPSA) is 145 Å². The summed E-state index contributed by atoms with van der Waals surface area (Å²) in [5, 5.41) is 18.9. The number of rotatable bonds is 9. The van der Waals surface area contributed by atoms with Crippen molar-refractivity contribution in [2.75, 3.05) is 6.67 Å². The molecule has 0 rings (SSSR count). The Hall–Kier alpha value is -2.16. The maximum absolute atomic E-state index is 11.0. The lowest BCUT2D eigenvalue weighted by molar-refractivity contribution is -0.139. The van der Waals surface area contributed by atoms with E-state index in [9.17, 15) is 19.2 Å². The summed E-state index contributed by atoms with van der Waals surface area (Å²) in [5.74, 6) is -3.13. The van der Waals surface area contributed by atoms with Gasteiger partial charge in [0.25, 0.3) is 0 Å². The Labute approximate surface area is 103 Å². The van der Waals surface area contributed by atoms with E-state index in [1.807, 2.05) is 0 Å². The molecule has 5 N–H and O–H groups in total. The molecule has 0 aliphatic heterocycles. The van der Waals surface area contributed by atoms with Crippen LogP contribution in [0.1, 0.15) is 25.7 Å². The first-order chi connectivity index (χ1) is 8.41. The quantitative estimate of drug-likeness (QED) is 0.191. The molecular formula is C9H15N3O6. The van der Waals surface area contributed by atoms with Gasteiger partial charge in [-0.2, -0.15) is 0 Å². The van der Waals surface area contributed by atoms with Gasteiger partial charge in [0, 0.05) is 12.8 Å². The number of aliphatic carboxylic acids is 2. The average molecular weight is 261 g/mol. The van der Waals surface area contributed by atoms with Crippen LogP contribution in [0.3, 0.4) is 0 Å². The first-order valence-corrected chi connectivity index (χ1v) is 5.14. The van der Waals surface area contributed by atoms with Crippen molar-refractivity contribution in [1.29, 1.82) is 0 Å². The predicted octanol–water partition coefficient (Wildman–Crippen LogP) is -1.59. The summed E-state index contributed by atoms with van der Waals surface area (Å²) in [6.45, 7) is -0.0722. The van der Waals surface area contributed by atoms with E-state index in [-0.39, 0.29) is 32.4 Å². The molecule has 102 valence electrons. The summed E-state index contributed by atoms with van der Waals surface area (Å²) in [4.78, 5) is 42.3. The largest absolute Gasteiger partial charge is 0.481 e. The van der Waals surface area contributed by atoms with Crippen LogP contribution in [-0.4, -0.2) is 40.6 Å². The summed E-state index contributed by atoms with van der Waals surface area (Å²) in [5.41, 5.74) is 4.53. The average Bonchev–Trinajstić information content (AvgIpc) is 2.29. The minimum absolute atomic E-state index is 0.0722. The number of hydrogen-bond donors (Lipinski definition) is 5. The third-order valence-electron chi connectivity index (χ3n) is 1.73. The third kappa shape index (κ3) is 10.4. The molecule has 0 radical (unpaired) electrons. The third-order valence-corrected chi connectivity index (χ3v) is 1.73. The number of carboxylic acids is 2. The van der Waals surface area contributed by atoms with Crippen LogP contribution in [-0.2, 0) is 19.2 Å². The molecule has 0 saturated carbocycles. The summed E-state index contributed by atoms with van der Waals surface area (Å²) >= 11 is 0. The van der Waals surface area contributed by atoms with Crippen molar-refractivity contribution in [3.05, 3.63) is 0 Å². The molecule has 0 aliphatic carbocycles.